The lowest BCUT2D eigenvalue weighted by Crippen LogP contribution is -2.44. The molecule has 0 radical (unpaired) electrons. The summed E-state index contributed by atoms with van der Waals surface area (Å²) in [5, 5.41) is 3.33. The number of rotatable bonds is 6. The molecular weight excluding hydrogens is 388 g/mol. The Bertz CT molecular complexity index is 481. The van der Waals surface area contributed by atoms with Crippen molar-refractivity contribution in [2.24, 2.45) is 0 Å². The minimum atomic E-state index is -0.475. The highest BCUT2D eigenvalue weighted by Gasteiger charge is 2.23. The van der Waals surface area contributed by atoms with Crippen LogP contribution < -0.4 is 5.32 Å². The van der Waals surface area contributed by atoms with Gasteiger partial charge in [-0.1, -0.05) is 11.6 Å². The molecular formula is C15H24BrClN2O2S. The van der Waals surface area contributed by atoms with Gasteiger partial charge in [0.25, 0.3) is 0 Å². The number of carbonyl (C=O) groups is 1. The van der Waals surface area contributed by atoms with Crippen molar-refractivity contribution in [2.45, 2.75) is 52.8 Å². The highest BCUT2D eigenvalue weighted by molar-refractivity contribution is 9.10. The molecule has 0 saturated carbocycles. The first-order chi connectivity index (χ1) is 10.1. The first-order valence-corrected chi connectivity index (χ1v) is 9.23. The molecule has 0 unspecified atom stereocenters. The van der Waals surface area contributed by atoms with E-state index in [0.29, 0.717) is 13.1 Å². The summed E-state index contributed by atoms with van der Waals surface area (Å²) in [6.45, 7) is 11.6. The van der Waals surface area contributed by atoms with Crippen molar-refractivity contribution >= 4 is 45.0 Å². The van der Waals surface area contributed by atoms with E-state index in [4.69, 9.17) is 16.3 Å². The third-order valence-electron chi connectivity index (χ3n) is 2.78. The smallest absolute Gasteiger partial charge is 0.410 e. The maximum absolute atomic E-state index is 12.2. The third kappa shape index (κ3) is 6.86. The first-order valence-electron chi connectivity index (χ1n) is 7.24. The average Bonchev–Trinajstić information content (AvgIpc) is 2.65. The number of thiophene rings is 1. The highest BCUT2D eigenvalue weighted by atomic mass is 79.9. The number of ether oxygens (including phenoxy) is 1. The Morgan fingerprint density at radius 3 is 2.59 bits per heavy atom. The molecule has 4 nitrogen and oxygen atoms in total. The molecule has 1 aromatic heterocycles. The van der Waals surface area contributed by atoms with Crippen molar-refractivity contribution in [1.82, 2.24) is 10.2 Å². The lowest BCUT2D eigenvalue weighted by atomic mass is 10.2. The van der Waals surface area contributed by atoms with Gasteiger partial charge in [-0.25, -0.2) is 4.79 Å². The summed E-state index contributed by atoms with van der Waals surface area (Å²) in [7, 11) is 0. The molecule has 1 N–H and O–H groups in total. The van der Waals surface area contributed by atoms with Crippen molar-refractivity contribution in [2.75, 3.05) is 13.1 Å². The number of nitrogens with one attached hydrogen (secondary N) is 1. The maximum Gasteiger partial charge on any atom is 0.410 e. The Kier molecular flexibility index (Phi) is 7.65. The van der Waals surface area contributed by atoms with Crippen LogP contribution in [-0.4, -0.2) is 35.7 Å². The average molecular weight is 412 g/mol. The van der Waals surface area contributed by atoms with E-state index >= 15 is 0 Å². The molecule has 0 aliphatic carbocycles. The summed E-state index contributed by atoms with van der Waals surface area (Å²) in [4.78, 5) is 15.1. The van der Waals surface area contributed by atoms with Gasteiger partial charge >= 0.3 is 6.09 Å². The number of carbonyl (C=O) groups excluding carboxylic acids is 1. The molecule has 0 aliphatic heterocycles. The van der Waals surface area contributed by atoms with Crippen LogP contribution in [0.15, 0.2) is 10.5 Å². The van der Waals surface area contributed by atoms with E-state index in [2.05, 4.69) is 21.2 Å². The van der Waals surface area contributed by atoms with Crippen molar-refractivity contribution in [3.8, 4) is 0 Å². The Labute approximate surface area is 150 Å². The second kappa shape index (κ2) is 8.52. The van der Waals surface area contributed by atoms with Crippen LogP contribution >= 0.6 is 38.9 Å². The van der Waals surface area contributed by atoms with Gasteiger partial charge in [-0.05, 0) is 56.6 Å². The quantitative estimate of drug-likeness (QED) is 0.677. The summed E-state index contributed by atoms with van der Waals surface area (Å²) in [5.41, 5.74) is -0.475. The van der Waals surface area contributed by atoms with Crippen molar-refractivity contribution < 1.29 is 9.53 Å². The Balaban J connectivity index is 2.43. The minimum absolute atomic E-state index is 0.0991. The topological polar surface area (TPSA) is 41.6 Å². The van der Waals surface area contributed by atoms with Gasteiger partial charge < -0.3 is 15.0 Å². The molecule has 0 aromatic carbocycles. The summed E-state index contributed by atoms with van der Waals surface area (Å²) < 4.78 is 7.12. The standard InChI is InChI=1S/C15H24BrClN2O2S/c1-10(2)19(14(20)21-15(3,4)5)7-6-18-9-11-8-12(16)13(17)22-11/h8,10,18H,6-7,9H2,1-5H3. The largest absolute Gasteiger partial charge is 0.444 e. The van der Waals surface area contributed by atoms with Gasteiger partial charge in [-0.3, -0.25) is 0 Å². The molecule has 1 heterocycles. The predicted octanol–water partition coefficient (Wildman–Crippen LogP) is 4.90. The second-order valence-corrected chi connectivity index (χ2v) is 8.87. The fourth-order valence-electron chi connectivity index (χ4n) is 1.77. The predicted molar refractivity (Wildman–Crippen MR) is 96.8 cm³/mol. The Morgan fingerprint density at radius 1 is 1.50 bits per heavy atom. The molecule has 0 atom stereocenters. The molecule has 0 bridgehead atoms. The lowest BCUT2D eigenvalue weighted by Gasteiger charge is -2.30. The van der Waals surface area contributed by atoms with E-state index < -0.39 is 5.60 Å². The van der Waals surface area contributed by atoms with Crippen LogP contribution in [0.2, 0.25) is 4.34 Å². The molecule has 22 heavy (non-hydrogen) atoms. The van der Waals surface area contributed by atoms with Gasteiger partial charge in [0, 0.05) is 35.0 Å². The van der Waals surface area contributed by atoms with E-state index in [9.17, 15) is 4.79 Å². The summed E-state index contributed by atoms with van der Waals surface area (Å²) in [6.07, 6.45) is -0.272. The SMILES string of the molecule is CC(C)N(CCNCc1cc(Br)c(Cl)s1)C(=O)OC(C)(C)C. The fraction of sp³-hybridized carbons (Fsp3) is 0.667. The monoisotopic (exact) mass is 410 g/mol. The summed E-state index contributed by atoms with van der Waals surface area (Å²) in [5.74, 6) is 0. The van der Waals surface area contributed by atoms with Crippen LogP contribution in [0.4, 0.5) is 4.79 Å². The first kappa shape index (κ1) is 19.7. The van der Waals surface area contributed by atoms with E-state index in [0.717, 1.165) is 20.2 Å². The molecule has 0 aliphatic rings. The van der Waals surface area contributed by atoms with Gasteiger partial charge in [-0.2, -0.15) is 0 Å². The van der Waals surface area contributed by atoms with Gasteiger partial charge in [0.2, 0.25) is 0 Å². The van der Waals surface area contributed by atoms with Crippen LogP contribution in [0.25, 0.3) is 0 Å². The second-order valence-electron chi connectivity index (χ2n) is 6.28. The van der Waals surface area contributed by atoms with E-state index in [1.165, 1.54) is 0 Å². The van der Waals surface area contributed by atoms with Crippen LogP contribution in [0.5, 0.6) is 0 Å². The number of nitrogens with zero attached hydrogens (tertiary/aromatic N) is 1. The zero-order chi connectivity index (χ0) is 16.9. The van der Waals surface area contributed by atoms with Gasteiger partial charge in [-0.15, -0.1) is 11.3 Å². The van der Waals surface area contributed by atoms with Crippen molar-refractivity contribution in [3.05, 3.63) is 19.8 Å². The van der Waals surface area contributed by atoms with Gasteiger partial charge in [0.05, 0.1) is 0 Å². The molecule has 1 aromatic rings. The van der Waals surface area contributed by atoms with Crippen molar-refractivity contribution in [1.29, 1.82) is 0 Å². The number of amides is 1. The summed E-state index contributed by atoms with van der Waals surface area (Å²) >= 11 is 11.0. The molecule has 0 saturated heterocycles. The fourth-order valence-corrected chi connectivity index (χ4v) is 3.53. The molecule has 126 valence electrons. The molecule has 7 heteroatoms. The van der Waals surface area contributed by atoms with Crippen LogP contribution in [0, 0.1) is 0 Å². The molecule has 1 rings (SSSR count). The maximum atomic E-state index is 12.2. The number of hydrogen-bond donors (Lipinski definition) is 1. The van der Waals surface area contributed by atoms with E-state index in [1.54, 1.807) is 16.2 Å². The van der Waals surface area contributed by atoms with Gasteiger partial charge in [0.15, 0.2) is 0 Å². The minimum Gasteiger partial charge on any atom is -0.444 e. The molecule has 0 fully saturated rings. The van der Waals surface area contributed by atoms with Crippen LogP contribution in [-0.2, 0) is 11.3 Å². The summed E-state index contributed by atoms with van der Waals surface area (Å²) in [6, 6.07) is 2.11. The van der Waals surface area contributed by atoms with Crippen LogP contribution in [0.1, 0.15) is 39.5 Å². The Hall–Kier alpha value is -0.300. The molecule has 0 spiro atoms. The van der Waals surface area contributed by atoms with E-state index in [-0.39, 0.29) is 12.1 Å². The van der Waals surface area contributed by atoms with Crippen molar-refractivity contribution in [3.63, 3.8) is 0 Å². The molecule has 1 amide bonds. The lowest BCUT2D eigenvalue weighted by molar-refractivity contribution is 0.0193. The normalized spacial score (nSPS) is 11.8. The third-order valence-corrected chi connectivity index (χ3v) is 5.25. The van der Waals surface area contributed by atoms with E-state index in [1.807, 2.05) is 40.7 Å². The number of halogens is 2. The number of hydrogen-bond acceptors (Lipinski definition) is 4. The highest BCUT2D eigenvalue weighted by Crippen LogP contribution is 2.31. The van der Waals surface area contributed by atoms with Crippen LogP contribution in [0.3, 0.4) is 0 Å². The zero-order valence-electron chi connectivity index (χ0n) is 13.7. The zero-order valence-corrected chi connectivity index (χ0v) is 16.9. The Morgan fingerprint density at radius 2 is 2.14 bits per heavy atom. The van der Waals surface area contributed by atoms with Gasteiger partial charge in [0.1, 0.15) is 9.94 Å².